The molecule has 0 aliphatic rings. The molecule has 24 heavy (non-hydrogen) atoms. The lowest BCUT2D eigenvalue weighted by Crippen LogP contribution is -2.05. The van der Waals surface area contributed by atoms with Gasteiger partial charge in [-0.25, -0.2) is 4.98 Å². The number of hydrogen-bond donors (Lipinski definition) is 0. The van der Waals surface area contributed by atoms with Crippen molar-refractivity contribution in [1.82, 2.24) is 4.98 Å². The van der Waals surface area contributed by atoms with E-state index in [0.29, 0.717) is 5.75 Å². The van der Waals surface area contributed by atoms with Gasteiger partial charge in [0.2, 0.25) is 0 Å². The average molecular weight is 325 g/mol. The van der Waals surface area contributed by atoms with Gasteiger partial charge in [0.15, 0.2) is 0 Å². The Morgan fingerprint density at radius 1 is 1.17 bits per heavy atom. The Bertz CT molecular complexity index is 719. The van der Waals surface area contributed by atoms with Gasteiger partial charge >= 0.3 is 5.97 Å². The van der Waals surface area contributed by atoms with Gasteiger partial charge in [-0.1, -0.05) is 50.8 Å². The Kier molecular flexibility index (Phi) is 6.98. The molecule has 1 aromatic carbocycles. The maximum atomic E-state index is 11.4. The molecule has 0 unspecified atom stereocenters. The lowest BCUT2D eigenvalue weighted by atomic mass is 10.1. The number of hydrogen-bond acceptors (Lipinski definition) is 3. The van der Waals surface area contributed by atoms with Crippen LogP contribution in [0.2, 0.25) is 0 Å². The van der Waals surface area contributed by atoms with Crippen LogP contribution in [0.4, 0.5) is 0 Å². The summed E-state index contributed by atoms with van der Waals surface area (Å²) < 4.78 is 5.46. The summed E-state index contributed by atoms with van der Waals surface area (Å²) in [7, 11) is 0. The second-order valence-electron chi connectivity index (χ2n) is 6.17. The third-order valence-corrected chi connectivity index (χ3v) is 4.11. The minimum Gasteiger partial charge on any atom is -0.426 e. The monoisotopic (exact) mass is 325 g/mol. The zero-order valence-corrected chi connectivity index (χ0v) is 15.0. The van der Waals surface area contributed by atoms with Gasteiger partial charge in [0.05, 0.1) is 11.2 Å². The highest BCUT2D eigenvalue weighted by molar-refractivity contribution is 5.90. The number of ether oxygens (including phenoxy) is 1. The van der Waals surface area contributed by atoms with Crippen molar-refractivity contribution in [2.45, 2.75) is 59.3 Å². The number of pyridine rings is 1. The van der Waals surface area contributed by atoms with Gasteiger partial charge in [0, 0.05) is 17.9 Å². The number of aromatic nitrogens is 1. The van der Waals surface area contributed by atoms with E-state index in [1.54, 1.807) is 0 Å². The van der Waals surface area contributed by atoms with Gasteiger partial charge in [-0.05, 0) is 38.0 Å². The predicted molar refractivity (Wildman–Crippen MR) is 100 cm³/mol. The van der Waals surface area contributed by atoms with Crippen molar-refractivity contribution in [2.75, 3.05) is 0 Å². The summed E-state index contributed by atoms with van der Waals surface area (Å²) in [5.41, 5.74) is 2.63. The van der Waals surface area contributed by atoms with Crippen LogP contribution in [0.15, 0.2) is 30.3 Å². The number of rotatable bonds is 8. The van der Waals surface area contributed by atoms with Crippen molar-refractivity contribution in [1.29, 1.82) is 0 Å². The topological polar surface area (TPSA) is 39.2 Å². The van der Waals surface area contributed by atoms with Crippen molar-refractivity contribution in [2.24, 2.45) is 0 Å². The molecule has 0 amide bonds. The molecule has 0 bridgehead atoms. The number of benzene rings is 1. The van der Waals surface area contributed by atoms with E-state index in [1.807, 2.05) is 31.2 Å². The number of esters is 1. The van der Waals surface area contributed by atoms with Crippen LogP contribution < -0.4 is 4.74 Å². The van der Waals surface area contributed by atoms with E-state index < -0.39 is 0 Å². The van der Waals surface area contributed by atoms with Crippen LogP contribution in [-0.2, 0) is 4.79 Å². The fourth-order valence-electron chi connectivity index (χ4n) is 2.79. The first-order chi connectivity index (χ1) is 11.6. The van der Waals surface area contributed by atoms with Crippen molar-refractivity contribution in [3.8, 4) is 5.75 Å². The zero-order valence-electron chi connectivity index (χ0n) is 15.0. The van der Waals surface area contributed by atoms with Crippen molar-refractivity contribution < 1.29 is 9.53 Å². The summed E-state index contributed by atoms with van der Waals surface area (Å²) in [6, 6.07) is 7.77. The molecule has 0 saturated heterocycles. The van der Waals surface area contributed by atoms with Gasteiger partial charge in [-0.15, -0.1) is 0 Å². The SMILES string of the molecule is CCCCCCC/C=C\c1nc2ccccc2c(OC(C)=O)c1C. The molecule has 0 aliphatic heterocycles. The third kappa shape index (κ3) is 4.92. The fraction of sp³-hybridized carbons (Fsp3) is 0.429. The number of allylic oxidation sites excluding steroid dienone is 1. The summed E-state index contributed by atoms with van der Waals surface area (Å²) in [4.78, 5) is 16.2. The van der Waals surface area contributed by atoms with Gasteiger partial charge in [-0.3, -0.25) is 4.79 Å². The maximum Gasteiger partial charge on any atom is 0.308 e. The first kappa shape index (κ1) is 18.2. The van der Waals surface area contributed by atoms with Crippen molar-refractivity contribution >= 4 is 22.9 Å². The molecular weight excluding hydrogens is 298 g/mol. The molecule has 0 saturated carbocycles. The molecule has 0 atom stereocenters. The summed E-state index contributed by atoms with van der Waals surface area (Å²) >= 11 is 0. The Morgan fingerprint density at radius 3 is 2.67 bits per heavy atom. The lowest BCUT2D eigenvalue weighted by molar-refractivity contribution is -0.131. The summed E-state index contributed by atoms with van der Waals surface area (Å²) in [6.45, 7) is 5.62. The summed E-state index contributed by atoms with van der Waals surface area (Å²) in [5.74, 6) is 0.316. The first-order valence-corrected chi connectivity index (χ1v) is 8.87. The second-order valence-corrected chi connectivity index (χ2v) is 6.17. The van der Waals surface area contributed by atoms with Gasteiger partial charge in [0.25, 0.3) is 0 Å². The molecule has 2 rings (SSSR count). The number of fused-ring (bicyclic) bond motifs is 1. The van der Waals surface area contributed by atoms with Crippen LogP contribution >= 0.6 is 0 Å². The molecule has 0 fully saturated rings. The molecule has 0 N–H and O–H groups in total. The zero-order chi connectivity index (χ0) is 17.4. The summed E-state index contributed by atoms with van der Waals surface area (Å²) in [5, 5.41) is 0.877. The molecule has 128 valence electrons. The molecule has 2 aromatic rings. The largest absolute Gasteiger partial charge is 0.426 e. The smallest absolute Gasteiger partial charge is 0.308 e. The minimum absolute atomic E-state index is 0.305. The van der Waals surface area contributed by atoms with Crippen LogP contribution in [-0.4, -0.2) is 11.0 Å². The highest BCUT2D eigenvalue weighted by Gasteiger charge is 2.12. The van der Waals surface area contributed by atoms with Crippen LogP contribution in [0, 0.1) is 6.92 Å². The highest BCUT2D eigenvalue weighted by Crippen LogP contribution is 2.31. The molecule has 0 radical (unpaired) electrons. The number of carbonyl (C=O) groups is 1. The quantitative estimate of drug-likeness (QED) is 0.452. The van der Waals surface area contributed by atoms with Crippen molar-refractivity contribution in [3.63, 3.8) is 0 Å². The highest BCUT2D eigenvalue weighted by atomic mass is 16.5. The minimum atomic E-state index is -0.305. The van der Waals surface area contributed by atoms with E-state index >= 15 is 0 Å². The number of carbonyl (C=O) groups excluding carboxylic acids is 1. The molecular formula is C21H27NO2. The molecule has 3 nitrogen and oxygen atoms in total. The normalized spacial score (nSPS) is 11.3. The van der Waals surface area contributed by atoms with Gasteiger partial charge in [-0.2, -0.15) is 0 Å². The fourth-order valence-corrected chi connectivity index (χ4v) is 2.79. The number of nitrogens with zero attached hydrogens (tertiary/aromatic N) is 1. The van der Waals surface area contributed by atoms with E-state index in [-0.39, 0.29) is 5.97 Å². The molecule has 0 aliphatic carbocycles. The number of unbranched alkanes of at least 4 members (excludes halogenated alkanes) is 5. The number of para-hydroxylation sites is 1. The van der Waals surface area contributed by atoms with E-state index in [4.69, 9.17) is 9.72 Å². The Balaban J connectivity index is 2.17. The van der Waals surface area contributed by atoms with Gasteiger partial charge < -0.3 is 4.74 Å². The third-order valence-electron chi connectivity index (χ3n) is 4.11. The summed E-state index contributed by atoms with van der Waals surface area (Å²) in [6.07, 6.45) is 11.7. The molecule has 1 heterocycles. The Hall–Kier alpha value is -2.16. The van der Waals surface area contributed by atoms with Crippen LogP contribution in [0.3, 0.4) is 0 Å². The second kappa shape index (κ2) is 9.21. The van der Waals surface area contributed by atoms with E-state index in [1.165, 1.54) is 39.0 Å². The Morgan fingerprint density at radius 2 is 1.92 bits per heavy atom. The van der Waals surface area contributed by atoms with Gasteiger partial charge in [0.1, 0.15) is 5.75 Å². The Labute approximate surface area is 144 Å². The average Bonchev–Trinajstić information content (AvgIpc) is 2.57. The standard InChI is InChI=1S/C21H27NO2/c1-4-5-6-7-8-9-10-14-19-16(2)21(24-17(3)23)18-13-11-12-15-20(18)22-19/h10-15H,4-9H2,1-3H3/b14-10-. The van der Waals surface area contributed by atoms with E-state index in [2.05, 4.69) is 19.1 Å². The maximum absolute atomic E-state index is 11.4. The van der Waals surface area contributed by atoms with Crippen LogP contribution in [0.5, 0.6) is 5.75 Å². The first-order valence-electron chi connectivity index (χ1n) is 8.87. The van der Waals surface area contributed by atoms with Crippen LogP contribution in [0.1, 0.15) is 63.6 Å². The molecule has 0 spiro atoms. The van der Waals surface area contributed by atoms with Crippen molar-refractivity contribution in [3.05, 3.63) is 41.6 Å². The van der Waals surface area contributed by atoms with Crippen LogP contribution in [0.25, 0.3) is 17.0 Å². The van der Waals surface area contributed by atoms with E-state index in [0.717, 1.165) is 28.6 Å². The predicted octanol–water partition coefficient (Wildman–Crippen LogP) is 5.84. The lowest BCUT2D eigenvalue weighted by Gasteiger charge is -2.11. The van der Waals surface area contributed by atoms with E-state index in [9.17, 15) is 4.79 Å². The molecule has 1 aromatic heterocycles. The molecule has 3 heteroatoms.